The summed E-state index contributed by atoms with van der Waals surface area (Å²) in [6.07, 6.45) is 3.08. The van der Waals surface area contributed by atoms with Crippen LogP contribution in [0, 0.1) is 6.92 Å². The van der Waals surface area contributed by atoms with Crippen LogP contribution in [0.4, 0.5) is 0 Å². The van der Waals surface area contributed by atoms with Crippen molar-refractivity contribution >= 4 is 17.9 Å². The van der Waals surface area contributed by atoms with Crippen molar-refractivity contribution in [3.8, 4) is 0 Å². The molecule has 0 atom stereocenters. The summed E-state index contributed by atoms with van der Waals surface area (Å²) in [4.78, 5) is 23.9. The maximum absolute atomic E-state index is 12.1. The lowest BCUT2D eigenvalue weighted by Gasteiger charge is -2.19. The Morgan fingerprint density at radius 1 is 0.880 bits per heavy atom. The molecular formula is C21H24N2O2. The molecule has 0 aliphatic heterocycles. The Balaban J connectivity index is 1.88. The van der Waals surface area contributed by atoms with Crippen molar-refractivity contribution in [3.05, 3.63) is 76.9 Å². The van der Waals surface area contributed by atoms with Crippen LogP contribution in [0.2, 0.25) is 0 Å². The van der Waals surface area contributed by atoms with Gasteiger partial charge in [0.2, 0.25) is 0 Å². The fraction of sp³-hybridized carbons (Fsp3) is 0.238. The third kappa shape index (κ3) is 5.60. The van der Waals surface area contributed by atoms with E-state index in [9.17, 15) is 9.59 Å². The summed E-state index contributed by atoms with van der Waals surface area (Å²) in [6.45, 7) is 8.35. The zero-order chi connectivity index (χ0) is 18.4. The SMILES string of the molecule is Cc1ccc(C=CC(=O)NNC(=O)c2ccc(C(C)(C)C)cc2)cc1. The quantitative estimate of drug-likeness (QED) is 0.662. The van der Waals surface area contributed by atoms with E-state index in [4.69, 9.17) is 0 Å². The smallest absolute Gasteiger partial charge is 0.268 e. The van der Waals surface area contributed by atoms with Gasteiger partial charge in [-0.05, 0) is 41.7 Å². The molecular weight excluding hydrogens is 312 g/mol. The summed E-state index contributed by atoms with van der Waals surface area (Å²) >= 11 is 0. The average molecular weight is 336 g/mol. The normalized spacial score (nSPS) is 11.4. The second kappa shape index (κ2) is 7.79. The second-order valence-corrected chi connectivity index (χ2v) is 7.01. The number of nitrogens with one attached hydrogen (secondary N) is 2. The third-order valence-electron chi connectivity index (χ3n) is 3.82. The molecule has 0 aliphatic rings. The first-order chi connectivity index (χ1) is 11.8. The van der Waals surface area contributed by atoms with E-state index in [1.807, 2.05) is 43.3 Å². The Labute approximate surface area is 148 Å². The standard InChI is InChI=1S/C21H24N2O2/c1-15-5-7-16(8-6-15)9-14-19(24)22-23-20(25)17-10-12-18(13-11-17)21(2,3)4/h5-14H,1-4H3,(H,22,24)(H,23,25). The minimum absolute atomic E-state index is 0.0317. The van der Waals surface area contributed by atoms with Gasteiger partial charge in [-0.15, -0.1) is 0 Å². The minimum Gasteiger partial charge on any atom is -0.268 e. The number of rotatable bonds is 3. The monoisotopic (exact) mass is 336 g/mol. The van der Waals surface area contributed by atoms with Gasteiger partial charge in [0.1, 0.15) is 0 Å². The fourth-order valence-corrected chi connectivity index (χ4v) is 2.20. The Morgan fingerprint density at radius 3 is 2.04 bits per heavy atom. The van der Waals surface area contributed by atoms with Crippen LogP contribution in [0.1, 0.15) is 47.8 Å². The number of hydrogen-bond donors (Lipinski definition) is 2. The largest absolute Gasteiger partial charge is 0.269 e. The van der Waals surface area contributed by atoms with Gasteiger partial charge >= 0.3 is 0 Å². The Morgan fingerprint density at radius 2 is 1.48 bits per heavy atom. The molecule has 0 fully saturated rings. The van der Waals surface area contributed by atoms with E-state index in [-0.39, 0.29) is 17.2 Å². The highest BCUT2D eigenvalue weighted by Gasteiger charge is 2.14. The Hall–Kier alpha value is -2.88. The summed E-state index contributed by atoms with van der Waals surface area (Å²) in [7, 11) is 0. The topological polar surface area (TPSA) is 58.2 Å². The molecule has 4 heteroatoms. The number of aryl methyl sites for hydroxylation is 1. The van der Waals surface area contributed by atoms with E-state index < -0.39 is 0 Å². The molecule has 0 spiro atoms. The number of benzene rings is 2. The molecule has 4 nitrogen and oxygen atoms in total. The maximum atomic E-state index is 12.1. The zero-order valence-electron chi connectivity index (χ0n) is 15.1. The van der Waals surface area contributed by atoms with E-state index >= 15 is 0 Å². The highest BCUT2D eigenvalue weighted by atomic mass is 16.2. The van der Waals surface area contributed by atoms with Crippen LogP contribution in [0.25, 0.3) is 6.08 Å². The molecule has 2 amide bonds. The molecule has 0 unspecified atom stereocenters. The van der Waals surface area contributed by atoms with Gasteiger partial charge in [-0.3, -0.25) is 20.4 Å². The van der Waals surface area contributed by atoms with Crippen molar-refractivity contribution in [1.82, 2.24) is 10.9 Å². The van der Waals surface area contributed by atoms with Crippen molar-refractivity contribution < 1.29 is 9.59 Å². The van der Waals surface area contributed by atoms with E-state index in [0.717, 1.165) is 16.7 Å². The molecule has 0 heterocycles. The van der Waals surface area contributed by atoms with E-state index in [2.05, 4.69) is 31.6 Å². The predicted molar refractivity (Wildman–Crippen MR) is 101 cm³/mol. The Bertz CT molecular complexity index is 767. The van der Waals surface area contributed by atoms with E-state index in [1.54, 1.807) is 18.2 Å². The van der Waals surface area contributed by atoms with Crippen LogP contribution in [-0.2, 0) is 10.2 Å². The molecule has 2 aromatic carbocycles. The van der Waals surface area contributed by atoms with Gasteiger partial charge in [0.05, 0.1) is 0 Å². The molecule has 130 valence electrons. The van der Waals surface area contributed by atoms with Crippen LogP contribution in [0.15, 0.2) is 54.6 Å². The van der Waals surface area contributed by atoms with Crippen LogP contribution < -0.4 is 10.9 Å². The van der Waals surface area contributed by atoms with Gasteiger partial charge in [0.15, 0.2) is 0 Å². The lowest BCUT2D eigenvalue weighted by Crippen LogP contribution is -2.40. The van der Waals surface area contributed by atoms with Crippen LogP contribution in [0.3, 0.4) is 0 Å². The number of carbonyl (C=O) groups is 2. The maximum Gasteiger partial charge on any atom is 0.269 e. The summed E-state index contributed by atoms with van der Waals surface area (Å²) in [5, 5.41) is 0. The average Bonchev–Trinajstić information content (AvgIpc) is 2.58. The van der Waals surface area contributed by atoms with Crippen LogP contribution >= 0.6 is 0 Å². The predicted octanol–water partition coefficient (Wildman–Crippen LogP) is 3.77. The zero-order valence-corrected chi connectivity index (χ0v) is 15.1. The summed E-state index contributed by atoms with van der Waals surface area (Å²) in [5.41, 5.74) is 8.55. The molecule has 0 bridgehead atoms. The summed E-state index contributed by atoms with van der Waals surface area (Å²) in [5.74, 6) is -0.738. The minimum atomic E-state index is -0.389. The summed E-state index contributed by atoms with van der Waals surface area (Å²) in [6, 6.07) is 15.2. The van der Waals surface area contributed by atoms with Crippen molar-refractivity contribution in [2.24, 2.45) is 0 Å². The van der Waals surface area contributed by atoms with Crippen molar-refractivity contribution in [2.45, 2.75) is 33.1 Å². The third-order valence-corrected chi connectivity index (χ3v) is 3.82. The molecule has 0 saturated carbocycles. The first kappa shape index (κ1) is 18.5. The highest BCUT2D eigenvalue weighted by Crippen LogP contribution is 2.22. The van der Waals surface area contributed by atoms with Gasteiger partial charge in [-0.2, -0.15) is 0 Å². The van der Waals surface area contributed by atoms with Crippen molar-refractivity contribution in [3.63, 3.8) is 0 Å². The van der Waals surface area contributed by atoms with Gasteiger partial charge < -0.3 is 0 Å². The summed E-state index contributed by atoms with van der Waals surface area (Å²) < 4.78 is 0. The van der Waals surface area contributed by atoms with Crippen LogP contribution in [-0.4, -0.2) is 11.8 Å². The molecule has 2 rings (SSSR count). The van der Waals surface area contributed by atoms with E-state index in [0.29, 0.717) is 5.56 Å². The molecule has 25 heavy (non-hydrogen) atoms. The van der Waals surface area contributed by atoms with Gasteiger partial charge in [-0.25, -0.2) is 0 Å². The first-order valence-corrected chi connectivity index (χ1v) is 8.21. The fourth-order valence-electron chi connectivity index (χ4n) is 2.20. The highest BCUT2D eigenvalue weighted by molar-refractivity contribution is 5.97. The lowest BCUT2D eigenvalue weighted by molar-refractivity contribution is -0.117. The number of hydrazine groups is 1. The molecule has 0 saturated heterocycles. The number of carbonyl (C=O) groups excluding carboxylic acids is 2. The lowest BCUT2D eigenvalue weighted by atomic mass is 9.87. The number of hydrogen-bond acceptors (Lipinski definition) is 2. The second-order valence-electron chi connectivity index (χ2n) is 7.01. The first-order valence-electron chi connectivity index (χ1n) is 8.21. The van der Waals surface area contributed by atoms with Crippen LogP contribution in [0.5, 0.6) is 0 Å². The van der Waals surface area contributed by atoms with E-state index in [1.165, 1.54) is 6.08 Å². The molecule has 0 aromatic heterocycles. The number of amides is 2. The molecule has 2 aromatic rings. The molecule has 0 aliphatic carbocycles. The van der Waals surface area contributed by atoms with Gasteiger partial charge in [0.25, 0.3) is 11.8 Å². The Kier molecular flexibility index (Phi) is 5.75. The van der Waals surface area contributed by atoms with Gasteiger partial charge in [0, 0.05) is 11.6 Å². The molecule has 2 N–H and O–H groups in total. The van der Waals surface area contributed by atoms with Gasteiger partial charge in [-0.1, -0.05) is 62.7 Å². The molecule has 0 radical (unpaired) electrons. The van der Waals surface area contributed by atoms with Crippen molar-refractivity contribution in [2.75, 3.05) is 0 Å². The van der Waals surface area contributed by atoms with Crippen molar-refractivity contribution in [1.29, 1.82) is 0 Å².